The molecule has 3 heterocycles. The van der Waals surface area contributed by atoms with Gasteiger partial charge in [-0.3, -0.25) is 9.59 Å². The van der Waals surface area contributed by atoms with E-state index in [0.717, 1.165) is 17.7 Å². The van der Waals surface area contributed by atoms with Crippen molar-refractivity contribution in [1.29, 1.82) is 0 Å². The second-order valence-corrected chi connectivity index (χ2v) is 9.61. The Morgan fingerprint density at radius 1 is 1.30 bits per heavy atom. The fourth-order valence-electron chi connectivity index (χ4n) is 5.22. The summed E-state index contributed by atoms with van der Waals surface area (Å²) in [6.07, 6.45) is 4.49. The van der Waals surface area contributed by atoms with Gasteiger partial charge in [-0.05, 0) is 18.9 Å². The molecule has 0 spiro atoms. The van der Waals surface area contributed by atoms with Crippen LogP contribution in [0.15, 0.2) is 12.3 Å². The van der Waals surface area contributed by atoms with Crippen LogP contribution in [0.25, 0.3) is 0 Å². The number of rotatable bonds is 6. The van der Waals surface area contributed by atoms with Gasteiger partial charge in [0.2, 0.25) is 5.95 Å². The number of carbonyl (C=O) groups excluding carboxylic acids is 2. The number of methoxy groups -OCH3 is 1. The summed E-state index contributed by atoms with van der Waals surface area (Å²) >= 11 is 0. The van der Waals surface area contributed by atoms with Gasteiger partial charge >= 0.3 is 5.92 Å². The monoisotopic (exact) mass is 519 g/mol. The third kappa shape index (κ3) is 4.30. The van der Waals surface area contributed by atoms with Crippen LogP contribution >= 0.6 is 0 Å². The standard InChI is InChI=1S/C24H28F3N7O3/c1-33-15-10-30-23(32-21(15)34(13-5-3-4-6-13)11-24(26,27)22(33)36)31-19-16(37-2)7-14(20(28)35)18(25)17(19)12-8-29-9-12/h7,10,12-13,29H,3-6,8-9,11H2,1-2H3,(H2,28,35)(H,30,31,32). The molecule has 2 amide bonds. The highest BCUT2D eigenvalue weighted by atomic mass is 19.3. The Morgan fingerprint density at radius 2 is 2.00 bits per heavy atom. The van der Waals surface area contributed by atoms with E-state index in [9.17, 15) is 18.4 Å². The van der Waals surface area contributed by atoms with Crippen LogP contribution in [0, 0.1) is 5.82 Å². The Hall–Kier alpha value is -3.61. The number of amides is 2. The zero-order chi connectivity index (χ0) is 26.5. The summed E-state index contributed by atoms with van der Waals surface area (Å²) in [6, 6.07) is 1.00. The van der Waals surface area contributed by atoms with Crippen molar-refractivity contribution in [2.24, 2.45) is 5.73 Å². The number of fused-ring (bicyclic) bond motifs is 1. The predicted molar refractivity (Wildman–Crippen MR) is 130 cm³/mol. The molecule has 1 saturated carbocycles. The SMILES string of the molecule is COc1cc(C(N)=O)c(F)c(C2CNC2)c1Nc1ncc2c(n1)N(C1CCCC1)CC(F)(F)C(=O)N2C. The van der Waals surface area contributed by atoms with Crippen molar-refractivity contribution in [1.82, 2.24) is 15.3 Å². The molecule has 0 radical (unpaired) electrons. The van der Waals surface area contributed by atoms with Gasteiger partial charge in [0.15, 0.2) is 5.82 Å². The molecular weight excluding hydrogens is 491 g/mol. The van der Waals surface area contributed by atoms with Gasteiger partial charge in [0, 0.05) is 37.7 Å². The van der Waals surface area contributed by atoms with E-state index in [1.165, 1.54) is 31.3 Å². The minimum absolute atomic E-state index is 0.00544. The van der Waals surface area contributed by atoms with Gasteiger partial charge in [0.25, 0.3) is 11.8 Å². The number of carbonyl (C=O) groups is 2. The second kappa shape index (κ2) is 9.36. The molecular formula is C24H28F3N7O3. The molecule has 4 N–H and O–H groups in total. The topological polar surface area (TPSA) is 126 Å². The quantitative estimate of drug-likeness (QED) is 0.532. The number of benzene rings is 1. The van der Waals surface area contributed by atoms with E-state index < -0.39 is 30.1 Å². The Bertz CT molecular complexity index is 1250. The van der Waals surface area contributed by atoms with Gasteiger partial charge in [-0.15, -0.1) is 0 Å². The van der Waals surface area contributed by atoms with Crippen molar-refractivity contribution >= 4 is 35.0 Å². The van der Waals surface area contributed by atoms with Crippen molar-refractivity contribution in [3.63, 3.8) is 0 Å². The fraction of sp³-hybridized carbons (Fsp3) is 0.500. The van der Waals surface area contributed by atoms with E-state index in [1.54, 1.807) is 0 Å². The van der Waals surface area contributed by atoms with Gasteiger partial charge in [0.1, 0.15) is 17.3 Å². The summed E-state index contributed by atoms with van der Waals surface area (Å²) in [4.78, 5) is 35.5. The molecule has 0 bridgehead atoms. The fourth-order valence-corrected chi connectivity index (χ4v) is 5.22. The Labute approximate surface area is 211 Å². The average Bonchev–Trinajstić information content (AvgIpc) is 3.35. The van der Waals surface area contributed by atoms with Crippen LogP contribution in [-0.4, -0.2) is 67.5 Å². The number of nitrogens with zero attached hydrogens (tertiary/aromatic N) is 4. The van der Waals surface area contributed by atoms with E-state index >= 15 is 4.39 Å². The molecule has 3 aliphatic rings. The number of nitrogens with one attached hydrogen (secondary N) is 2. The Balaban J connectivity index is 1.61. The molecule has 1 aromatic heterocycles. The molecule has 2 fully saturated rings. The molecule has 10 nitrogen and oxygen atoms in total. The zero-order valence-corrected chi connectivity index (χ0v) is 20.5. The summed E-state index contributed by atoms with van der Waals surface area (Å²) in [6.45, 7) is 0.146. The van der Waals surface area contributed by atoms with Crippen LogP contribution in [0.3, 0.4) is 0 Å². The summed E-state index contributed by atoms with van der Waals surface area (Å²) in [5, 5.41) is 6.06. The summed E-state index contributed by atoms with van der Waals surface area (Å²) in [5.74, 6) is -6.55. The highest BCUT2D eigenvalue weighted by Gasteiger charge is 2.48. The van der Waals surface area contributed by atoms with Crippen molar-refractivity contribution < 1.29 is 27.5 Å². The van der Waals surface area contributed by atoms with Gasteiger partial charge in [-0.2, -0.15) is 13.8 Å². The van der Waals surface area contributed by atoms with Gasteiger partial charge in [0.05, 0.1) is 31.1 Å². The van der Waals surface area contributed by atoms with Crippen LogP contribution in [0.5, 0.6) is 5.75 Å². The third-order valence-electron chi connectivity index (χ3n) is 7.31. The highest BCUT2D eigenvalue weighted by Crippen LogP contribution is 2.42. The second-order valence-electron chi connectivity index (χ2n) is 9.61. The first kappa shape index (κ1) is 25.1. The number of primary amides is 1. The number of aromatic nitrogens is 2. The number of ether oxygens (including phenoxy) is 1. The first-order valence-corrected chi connectivity index (χ1v) is 12.1. The van der Waals surface area contributed by atoms with Crippen molar-refractivity contribution in [2.45, 2.75) is 43.6 Å². The molecule has 1 aromatic carbocycles. The summed E-state index contributed by atoms with van der Waals surface area (Å²) in [5.41, 5.74) is 5.65. The Morgan fingerprint density at radius 3 is 2.59 bits per heavy atom. The van der Waals surface area contributed by atoms with Crippen molar-refractivity contribution in [3.8, 4) is 5.75 Å². The minimum atomic E-state index is -3.60. The van der Waals surface area contributed by atoms with Crippen LogP contribution in [0.1, 0.15) is 47.5 Å². The maximum atomic E-state index is 15.4. The third-order valence-corrected chi connectivity index (χ3v) is 7.31. The highest BCUT2D eigenvalue weighted by molar-refractivity contribution is 6.02. The normalized spacial score (nSPS) is 19.9. The summed E-state index contributed by atoms with van der Waals surface area (Å²) < 4.78 is 50.6. The number of hydrogen-bond acceptors (Lipinski definition) is 8. The number of nitrogens with two attached hydrogens (primary N) is 1. The van der Waals surface area contributed by atoms with E-state index in [-0.39, 0.29) is 52.0 Å². The maximum Gasteiger partial charge on any atom is 0.342 e. The lowest BCUT2D eigenvalue weighted by Gasteiger charge is -2.32. The number of halogens is 3. The van der Waals surface area contributed by atoms with E-state index in [1.807, 2.05) is 0 Å². The largest absolute Gasteiger partial charge is 0.495 e. The van der Waals surface area contributed by atoms with E-state index in [0.29, 0.717) is 25.9 Å². The Kier molecular flexibility index (Phi) is 6.34. The lowest BCUT2D eigenvalue weighted by molar-refractivity contribution is -0.140. The lowest BCUT2D eigenvalue weighted by Crippen LogP contribution is -2.48. The number of anilines is 4. The molecule has 1 saturated heterocycles. The van der Waals surface area contributed by atoms with Crippen LogP contribution < -0.4 is 30.9 Å². The zero-order valence-electron chi connectivity index (χ0n) is 20.5. The van der Waals surface area contributed by atoms with Gasteiger partial charge in [-0.25, -0.2) is 9.37 Å². The lowest BCUT2D eigenvalue weighted by atomic mass is 9.89. The molecule has 0 atom stereocenters. The molecule has 37 heavy (non-hydrogen) atoms. The van der Waals surface area contributed by atoms with E-state index in [2.05, 4.69) is 20.6 Å². The van der Waals surface area contributed by atoms with Gasteiger partial charge < -0.3 is 30.9 Å². The van der Waals surface area contributed by atoms with Crippen LogP contribution in [-0.2, 0) is 4.79 Å². The molecule has 13 heteroatoms. The number of hydrogen-bond donors (Lipinski definition) is 3. The minimum Gasteiger partial charge on any atom is -0.495 e. The predicted octanol–water partition coefficient (Wildman–Crippen LogP) is 2.51. The molecule has 2 aromatic rings. The van der Waals surface area contributed by atoms with Crippen molar-refractivity contribution in [2.75, 3.05) is 48.9 Å². The molecule has 198 valence electrons. The molecule has 5 rings (SSSR count). The van der Waals surface area contributed by atoms with Crippen molar-refractivity contribution in [3.05, 3.63) is 29.2 Å². The smallest absolute Gasteiger partial charge is 0.342 e. The average molecular weight is 520 g/mol. The van der Waals surface area contributed by atoms with E-state index in [4.69, 9.17) is 10.5 Å². The number of alkyl halides is 2. The first-order valence-electron chi connectivity index (χ1n) is 12.1. The molecule has 0 unspecified atom stereocenters. The molecule has 2 aliphatic heterocycles. The van der Waals surface area contributed by atoms with Crippen LogP contribution in [0.2, 0.25) is 0 Å². The van der Waals surface area contributed by atoms with Crippen LogP contribution in [0.4, 0.5) is 36.3 Å². The summed E-state index contributed by atoms with van der Waals surface area (Å²) in [7, 11) is 2.64. The molecule has 1 aliphatic carbocycles. The van der Waals surface area contributed by atoms with Gasteiger partial charge in [-0.1, -0.05) is 12.8 Å². The first-order chi connectivity index (χ1) is 17.6. The maximum absolute atomic E-state index is 15.4.